The van der Waals surface area contributed by atoms with Gasteiger partial charge in [0.15, 0.2) is 0 Å². The van der Waals surface area contributed by atoms with Crippen LogP contribution in [0.15, 0.2) is 36.4 Å². The number of ether oxygens (including phenoxy) is 2. The van der Waals surface area contributed by atoms with E-state index >= 15 is 0 Å². The van der Waals surface area contributed by atoms with Crippen LogP contribution in [0.1, 0.15) is 81.0 Å². The maximum absolute atomic E-state index is 12.6. The van der Waals surface area contributed by atoms with E-state index in [4.69, 9.17) is 32.7 Å². The van der Waals surface area contributed by atoms with Gasteiger partial charge in [-0.3, -0.25) is 9.59 Å². The van der Waals surface area contributed by atoms with Gasteiger partial charge in [0.25, 0.3) is 10.5 Å². The summed E-state index contributed by atoms with van der Waals surface area (Å²) in [5, 5.41) is 0.930. The van der Waals surface area contributed by atoms with Crippen molar-refractivity contribution >= 4 is 67.2 Å². The third-order valence-electron chi connectivity index (χ3n) is 5.39. The van der Waals surface area contributed by atoms with Gasteiger partial charge >= 0.3 is 11.9 Å². The molecule has 0 fully saturated rings. The van der Waals surface area contributed by atoms with Gasteiger partial charge in [-0.15, -0.1) is 0 Å². The van der Waals surface area contributed by atoms with E-state index in [1.807, 2.05) is 13.8 Å². The highest BCUT2D eigenvalue weighted by atomic mass is 35.5. The summed E-state index contributed by atoms with van der Waals surface area (Å²) in [5.41, 5.74) is 0.184. The Bertz CT molecular complexity index is 1180. The monoisotopic (exact) mass is 502 g/mol. The highest BCUT2D eigenvalue weighted by Crippen LogP contribution is 2.30. The maximum Gasteiger partial charge on any atom is 0.338 e. The predicted octanol–water partition coefficient (Wildman–Crippen LogP) is 6.66. The standard InChI is InChI=1S/C26H24Cl2O6/c1-3-5-7-33-25(31)21-13-17-9-16-12-20(24(28)30)22(26(32)34-8-6-4-2)14-18(16)10-15(17)11-19(21)23(27)29/h9-14H,3-8H2,1-2H3. The third-order valence-corrected chi connectivity index (χ3v) is 5.80. The molecular weight excluding hydrogens is 479 g/mol. The van der Waals surface area contributed by atoms with Crippen LogP contribution in [0.4, 0.5) is 0 Å². The van der Waals surface area contributed by atoms with Crippen LogP contribution in [0.2, 0.25) is 0 Å². The van der Waals surface area contributed by atoms with Gasteiger partial charge in [0.1, 0.15) is 0 Å². The predicted molar refractivity (Wildman–Crippen MR) is 132 cm³/mol. The van der Waals surface area contributed by atoms with Crippen molar-refractivity contribution < 1.29 is 28.7 Å². The van der Waals surface area contributed by atoms with E-state index in [-0.39, 0.29) is 35.5 Å². The minimum absolute atomic E-state index is 0.0294. The molecule has 8 heteroatoms. The molecule has 0 spiro atoms. The van der Waals surface area contributed by atoms with Gasteiger partial charge in [-0.2, -0.15) is 0 Å². The molecule has 0 saturated carbocycles. The van der Waals surface area contributed by atoms with Crippen LogP contribution < -0.4 is 0 Å². The molecule has 0 atom stereocenters. The van der Waals surface area contributed by atoms with Crippen LogP contribution in [0.25, 0.3) is 21.5 Å². The summed E-state index contributed by atoms with van der Waals surface area (Å²) >= 11 is 11.5. The summed E-state index contributed by atoms with van der Waals surface area (Å²) in [6.45, 7) is 4.41. The zero-order valence-corrected chi connectivity index (χ0v) is 20.4. The van der Waals surface area contributed by atoms with Gasteiger partial charge in [0.2, 0.25) is 0 Å². The molecule has 3 aromatic rings. The number of unbranched alkanes of at least 4 members (excludes halogenated alkanes) is 2. The van der Waals surface area contributed by atoms with Gasteiger partial charge in [0.05, 0.1) is 24.3 Å². The molecule has 6 nitrogen and oxygen atoms in total. The minimum Gasteiger partial charge on any atom is -0.462 e. The van der Waals surface area contributed by atoms with E-state index in [0.717, 1.165) is 12.8 Å². The molecule has 0 bridgehead atoms. The second-order valence-electron chi connectivity index (χ2n) is 7.87. The van der Waals surface area contributed by atoms with Crippen molar-refractivity contribution in [1.29, 1.82) is 0 Å². The molecule has 0 amide bonds. The van der Waals surface area contributed by atoms with Gasteiger partial charge < -0.3 is 9.47 Å². The number of esters is 2. The first-order valence-corrected chi connectivity index (χ1v) is 11.8. The number of carbonyl (C=O) groups excluding carboxylic acids is 4. The number of rotatable bonds is 10. The summed E-state index contributed by atoms with van der Waals surface area (Å²) in [7, 11) is 0. The molecule has 0 aliphatic heterocycles. The Balaban J connectivity index is 2.13. The van der Waals surface area contributed by atoms with Crippen molar-refractivity contribution in [3.8, 4) is 0 Å². The molecule has 0 saturated heterocycles. The van der Waals surface area contributed by atoms with Crippen molar-refractivity contribution in [2.45, 2.75) is 39.5 Å². The molecular formula is C26H24Cl2O6. The van der Waals surface area contributed by atoms with E-state index in [0.29, 0.717) is 34.4 Å². The first kappa shape index (κ1) is 25.7. The number of hydrogen-bond acceptors (Lipinski definition) is 6. The van der Waals surface area contributed by atoms with Crippen LogP contribution in [0.3, 0.4) is 0 Å². The second-order valence-corrected chi connectivity index (χ2v) is 8.56. The van der Waals surface area contributed by atoms with Crippen molar-refractivity contribution in [2.24, 2.45) is 0 Å². The summed E-state index contributed by atoms with van der Waals surface area (Å²) in [6, 6.07) is 9.58. The lowest BCUT2D eigenvalue weighted by atomic mass is 9.95. The Labute approximate surface area is 207 Å². The largest absolute Gasteiger partial charge is 0.462 e. The molecule has 34 heavy (non-hydrogen) atoms. The average Bonchev–Trinajstić information content (AvgIpc) is 2.81. The topological polar surface area (TPSA) is 86.7 Å². The minimum atomic E-state index is -0.785. The second kappa shape index (κ2) is 11.4. The molecule has 0 N–H and O–H groups in total. The smallest absolute Gasteiger partial charge is 0.338 e. The van der Waals surface area contributed by atoms with E-state index in [1.165, 1.54) is 24.3 Å². The van der Waals surface area contributed by atoms with Crippen LogP contribution in [0, 0.1) is 0 Å². The number of hydrogen-bond donors (Lipinski definition) is 0. The Morgan fingerprint density at radius 3 is 1.21 bits per heavy atom. The molecule has 0 unspecified atom stereocenters. The lowest BCUT2D eigenvalue weighted by Crippen LogP contribution is -2.11. The van der Waals surface area contributed by atoms with Gasteiger partial charge in [0, 0.05) is 11.1 Å². The first-order chi connectivity index (χ1) is 16.3. The van der Waals surface area contributed by atoms with Crippen molar-refractivity contribution in [3.05, 3.63) is 58.7 Å². The molecule has 0 heterocycles. The Kier molecular flexibility index (Phi) is 8.64. The molecule has 3 rings (SSSR count). The Hall–Kier alpha value is -2.96. The summed E-state index contributed by atoms with van der Waals surface area (Å²) < 4.78 is 10.5. The maximum atomic E-state index is 12.6. The number of halogens is 2. The van der Waals surface area contributed by atoms with E-state index in [9.17, 15) is 19.2 Å². The molecule has 3 aromatic carbocycles. The molecule has 178 valence electrons. The van der Waals surface area contributed by atoms with Gasteiger partial charge in [-0.1, -0.05) is 26.7 Å². The van der Waals surface area contributed by atoms with E-state index in [1.54, 1.807) is 12.1 Å². The highest BCUT2D eigenvalue weighted by molar-refractivity contribution is 6.68. The normalized spacial score (nSPS) is 10.9. The Morgan fingerprint density at radius 2 is 0.912 bits per heavy atom. The summed E-state index contributed by atoms with van der Waals surface area (Å²) in [5.74, 6) is -1.28. The quantitative estimate of drug-likeness (QED) is 0.133. The average molecular weight is 503 g/mol. The van der Waals surface area contributed by atoms with Crippen LogP contribution in [-0.4, -0.2) is 35.6 Å². The van der Waals surface area contributed by atoms with Crippen molar-refractivity contribution in [3.63, 3.8) is 0 Å². The molecule has 0 aliphatic rings. The molecule has 0 aromatic heterocycles. The van der Waals surface area contributed by atoms with Crippen molar-refractivity contribution in [2.75, 3.05) is 13.2 Å². The SMILES string of the molecule is CCCCOC(=O)c1cc2cc3cc(C(=O)Cl)c(C(=O)OCCCC)cc3cc2cc1C(=O)Cl. The number of fused-ring (bicyclic) bond motifs is 2. The lowest BCUT2D eigenvalue weighted by Gasteiger charge is -2.12. The third kappa shape index (κ3) is 5.75. The Morgan fingerprint density at radius 1 is 0.588 bits per heavy atom. The van der Waals surface area contributed by atoms with E-state index in [2.05, 4.69) is 0 Å². The van der Waals surface area contributed by atoms with Crippen LogP contribution >= 0.6 is 23.2 Å². The van der Waals surface area contributed by atoms with E-state index < -0.39 is 22.4 Å². The fraction of sp³-hybridized carbons (Fsp3) is 0.308. The first-order valence-electron chi connectivity index (χ1n) is 11.1. The highest BCUT2D eigenvalue weighted by Gasteiger charge is 2.21. The van der Waals surface area contributed by atoms with Crippen LogP contribution in [-0.2, 0) is 9.47 Å². The zero-order valence-electron chi connectivity index (χ0n) is 18.9. The van der Waals surface area contributed by atoms with Crippen LogP contribution in [0.5, 0.6) is 0 Å². The fourth-order valence-corrected chi connectivity index (χ4v) is 3.85. The fourth-order valence-electron chi connectivity index (χ4n) is 3.54. The number of carbonyl (C=O) groups is 4. The van der Waals surface area contributed by atoms with Gasteiger partial charge in [-0.05, 0) is 94.0 Å². The summed E-state index contributed by atoms with van der Waals surface area (Å²) in [4.78, 5) is 49.2. The van der Waals surface area contributed by atoms with Crippen molar-refractivity contribution in [1.82, 2.24) is 0 Å². The summed E-state index contributed by atoms with van der Waals surface area (Å²) in [6.07, 6.45) is 3.11. The van der Waals surface area contributed by atoms with Gasteiger partial charge in [-0.25, -0.2) is 9.59 Å². The lowest BCUT2D eigenvalue weighted by molar-refractivity contribution is 0.0489. The molecule has 0 radical (unpaired) electrons. The zero-order chi connectivity index (χ0) is 24.8. The number of benzene rings is 3. The molecule has 0 aliphatic carbocycles.